The zero-order valence-corrected chi connectivity index (χ0v) is 13.8. The molecule has 0 fully saturated rings. The SMILES string of the molecule is COc1cc(Cl)c(C(Cl)c2c(C)cccc2C)cc1Cl. The fourth-order valence-electron chi connectivity index (χ4n) is 2.28. The van der Waals surface area contributed by atoms with Crippen molar-refractivity contribution in [3.8, 4) is 5.75 Å². The van der Waals surface area contributed by atoms with Gasteiger partial charge in [-0.05, 0) is 42.2 Å². The van der Waals surface area contributed by atoms with E-state index in [1.807, 2.05) is 32.0 Å². The van der Waals surface area contributed by atoms with Crippen molar-refractivity contribution >= 4 is 34.8 Å². The Balaban J connectivity index is 2.54. The lowest BCUT2D eigenvalue weighted by Gasteiger charge is -2.18. The molecule has 0 aliphatic heterocycles. The summed E-state index contributed by atoms with van der Waals surface area (Å²) in [6.07, 6.45) is 0. The normalized spacial score (nSPS) is 12.3. The molecule has 0 aliphatic rings. The Labute approximate surface area is 134 Å². The fraction of sp³-hybridized carbons (Fsp3) is 0.250. The highest BCUT2D eigenvalue weighted by Crippen LogP contribution is 2.40. The molecule has 4 heteroatoms. The number of alkyl halides is 1. The third kappa shape index (κ3) is 2.90. The molecular formula is C16H15Cl3O. The first-order valence-corrected chi connectivity index (χ1v) is 7.38. The Morgan fingerprint density at radius 2 is 1.60 bits per heavy atom. The van der Waals surface area contributed by atoms with Gasteiger partial charge in [-0.2, -0.15) is 0 Å². The van der Waals surface area contributed by atoms with Crippen molar-refractivity contribution in [2.24, 2.45) is 0 Å². The van der Waals surface area contributed by atoms with Gasteiger partial charge in [-0.1, -0.05) is 41.4 Å². The van der Waals surface area contributed by atoms with Crippen molar-refractivity contribution in [1.82, 2.24) is 0 Å². The van der Waals surface area contributed by atoms with Crippen LogP contribution < -0.4 is 4.74 Å². The average Bonchev–Trinajstić information content (AvgIpc) is 2.40. The average molecular weight is 330 g/mol. The first-order chi connectivity index (χ1) is 9.45. The molecule has 1 atom stereocenters. The molecule has 20 heavy (non-hydrogen) atoms. The number of halogens is 3. The number of methoxy groups -OCH3 is 1. The first-order valence-electron chi connectivity index (χ1n) is 6.18. The Hall–Kier alpha value is -0.890. The highest BCUT2D eigenvalue weighted by Gasteiger charge is 2.20. The molecule has 0 saturated heterocycles. The molecule has 0 aliphatic carbocycles. The summed E-state index contributed by atoms with van der Waals surface area (Å²) in [5, 5.41) is 0.713. The van der Waals surface area contributed by atoms with Crippen molar-refractivity contribution in [2.75, 3.05) is 7.11 Å². The third-order valence-corrected chi connectivity index (χ3v) is 4.42. The third-order valence-electron chi connectivity index (χ3n) is 3.34. The van der Waals surface area contributed by atoms with Gasteiger partial charge in [-0.25, -0.2) is 0 Å². The maximum absolute atomic E-state index is 6.63. The van der Waals surface area contributed by atoms with Gasteiger partial charge in [0.15, 0.2) is 0 Å². The Morgan fingerprint density at radius 1 is 1.00 bits per heavy atom. The van der Waals surface area contributed by atoms with Gasteiger partial charge in [0.2, 0.25) is 0 Å². The number of aryl methyl sites for hydroxylation is 2. The number of hydrogen-bond acceptors (Lipinski definition) is 1. The zero-order valence-electron chi connectivity index (χ0n) is 11.5. The summed E-state index contributed by atoms with van der Waals surface area (Å²) >= 11 is 19.1. The van der Waals surface area contributed by atoms with Crippen molar-refractivity contribution in [3.05, 3.63) is 62.6 Å². The molecule has 0 amide bonds. The van der Waals surface area contributed by atoms with Crippen molar-refractivity contribution in [2.45, 2.75) is 19.2 Å². The van der Waals surface area contributed by atoms with E-state index < -0.39 is 0 Å². The molecular weight excluding hydrogens is 315 g/mol. The summed E-state index contributed by atoms with van der Waals surface area (Å²) in [4.78, 5) is 0. The maximum atomic E-state index is 6.63. The van der Waals surface area contributed by atoms with Crippen molar-refractivity contribution in [1.29, 1.82) is 0 Å². The molecule has 106 valence electrons. The minimum absolute atomic E-state index is 0.341. The highest BCUT2D eigenvalue weighted by atomic mass is 35.5. The summed E-state index contributed by atoms with van der Waals surface area (Å²) in [5.41, 5.74) is 4.12. The van der Waals surface area contributed by atoms with E-state index in [1.165, 1.54) is 0 Å². The molecule has 2 aromatic rings. The largest absolute Gasteiger partial charge is 0.495 e. The highest BCUT2D eigenvalue weighted by molar-refractivity contribution is 6.36. The molecule has 0 N–H and O–H groups in total. The van der Waals surface area contributed by atoms with E-state index in [1.54, 1.807) is 19.2 Å². The summed E-state index contributed by atoms with van der Waals surface area (Å²) < 4.78 is 5.15. The van der Waals surface area contributed by atoms with Crippen molar-refractivity contribution in [3.63, 3.8) is 0 Å². The van der Waals surface area contributed by atoms with Gasteiger partial charge < -0.3 is 4.74 Å². The van der Waals surface area contributed by atoms with Crippen LogP contribution >= 0.6 is 34.8 Å². The van der Waals surface area contributed by atoms with E-state index >= 15 is 0 Å². The van der Waals surface area contributed by atoms with Crippen LogP contribution in [0, 0.1) is 13.8 Å². The van der Waals surface area contributed by atoms with E-state index in [0.29, 0.717) is 15.8 Å². The first kappa shape index (κ1) is 15.5. The summed E-state index contributed by atoms with van der Waals surface area (Å²) in [6.45, 7) is 4.08. The summed E-state index contributed by atoms with van der Waals surface area (Å²) in [6, 6.07) is 9.56. The second-order valence-electron chi connectivity index (χ2n) is 4.68. The topological polar surface area (TPSA) is 9.23 Å². The van der Waals surface area contributed by atoms with Gasteiger partial charge in [0.25, 0.3) is 0 Å². The monoisotopic (exact) mass is 328 g/mol. The van der Waals surface area contributed by atoms with Gasteiger partial charge in [0.1, 0.15) is 5.75 Å². The van der Waals surface area contributed by atoms with E-state index in [9.17, 15) is 0 Å². The van der Waals surface area contributed by atoms with E-state index in [0.717, 1.165) is 22.3 Å². The van der Waals surface area contributed by atoms with Crippen LogP contribution in [0.5, 0.6) is 5.75 Å². The number of hydrogen-bond donors (Lipinski definition) is 0. The molecule has 1 nitrogen and oxygen atoms in total. The van der Waals surface area contributed by atoms with Crippen LogP contribution in [0.25, 0.3) is 0 Å². The second-order valence-corrected chi connectivity index (χ2v) is 5.93. The predicted molar refractivity (Wildman–Crippen MR) is 86.6 cm³/mol. The van der Waals surface area contributed by atoms with Crippen LogP contribution in [0.1, 0.15) is 27.6 Å². The van der Waals surface area contributed by atoms with Crippen molar-refractivity contribution < 1.29 is 4.74 Å². The van der Waals surface area contributed by atoms with Crippen LogP contribution in [-0.4, -0.2) is 7.11 Å². The number of benzene rings is 2. The molecule has 2 rings (SSSR count). The Kier molecular flexibility index (Phi) is 4.85. The van der Waals surface area contributed by atoms with Gasteiger partial charge in [0.05, 0.1) is 17.5 Å². The minimum atomic E-state index is -0.341. The lowest BCUT2D eigenvalue weighted by molar-refractivity contribution is 0.415. The molecule has 0 aromatic heterocycles. The minimum Gasteiger partial charge on any atom is -0.495 e. The summed E-state index contributed by atoms with van der Waals surface area (Å²) in [7, 11) is 1.56. The molecule has 1 unspecified atom stereocenters. The lowest BCUT2D eigenvalue weighted by Crippen LogP contribution is -2.01. The van der Waals surface area contributed by atoms with Crippen LogP contribution in [0.2, 0.25) is 10.0 Å². The number of rotatable bonds is 3. The molecule has 0 heterocycles. The van der Waals surface area contributed by atoms with Crippen LogP contribution in [-0.2, 0) is 0 Å². The fourth-order valence-corrected chi connectivity index (χ4v) is 3.37. The smallest absolute Gasteiger partial charge is 0.138 e. The molecule has 0 bridgehead atoms. The molecule has 0 spiro atoms. The molecule has 0 saturated carbocycles. The van der Waals surface area contributed by atoms with E-state index in [4.69, 9.17) is 39.5 Å². The predicted octanol–water partition coefficient (Wildman–Crippen LogP) is 5.95. The summed E-state index contributed by atoms with van der Waals surface area (Å²) in [5.74, 6) is 0.547. The van der Waals surface area contributed by atoms with Gasteiger partial charge in [-0.15, -0.1) is 11.6 Å². The second kappa shape index (κ2) is 6.26. The standard InChI is InChI=1S/C16H15Cl3O/c1-9-5-4-6-10(2)15(9)16(19)11-7-13(18)14(20-3)8-12(11)17/h4-8,16H,1-3H3. The maximum Gasteiger partial charge on any atom is 0.138 e. The van der Waals surface area contributed by atoms with Crippen LogP contribution in [0.4, 0.5) is 0 Å². The van der Waals surface area contributed by atoms with Crippen LogP contribution in [0.15, 0.2) is 30.3 Å². The molecule has 2 aromatic carbocycles. The Morgan fingerprint density at radius 3 is 2.15 bits per heavy atom. The number of ether oxygens (including phenoxy) is 1. The molecule has 0 radical (unpaired) electrons. The quantitative estimate of drug-likeness (QED) is 0.632. The van der Waals surface area contributed by atoms with Gasteiger partial charge >= 0.3 is 0 Å². The lowest BCUT2D eigenvalue weighted by atomic mass is 9.95. The Bertz CT molecular complexity index is 618. The zero-order chi connectivity index (χ0) is 14.9. The van der Waals surface area contributed by atoms with Gasteiger partial charge in [-0.3, -0.25) is 0 Å². The van der Waals surface area contributed by atoms with Gasteiger partial charge in [0, 0.05) is 11.1 Å². The van der Waals surface area contributed by atoms with E-state index in [2.05, 4.69) is 0 Å². The van der Waals surface area contributed by atoms with E-state index in [-0.39, 0.29) is 5.38 Å². The van der Waals surface area contributed by atoms with Crippen LogP contribution in [0.3, 0.4) is 0 Å².